The second kappa shape index (κ2) is 6.02. The van der Waals surface area contributed by atoms with Crippen LogP contribution in [0.4, 0.5) is 4.39 Å². The van der Waals surface area contributed by atoms with Crippen molar-refractivity contribution in [3.8, 4) is 5.75 Å². The highest BCUT2D eigenvalue weighted by Crippen LogP contribution is 2.28. The number of likely N-dealkylation sites (tertiary alicyclic amines) is 1. The second-order valence-corrected chi connectivity index (χ2v) is 5.93. The molecular weight excluding hydrogens is 271 g/mol. The molecule has 2 unspecified atom stereocenters. The largest absolute Gasteiger partial charge is 0.507 e. The SMILES string of the molecule is O=C(c1cc(F)ccc1O)N1CCCCC1C1CCCN1. The van der Waals surface area contributed by atoms with Crippen molar-refractivity contribution < 1.29 is 14.3 Å². The van der Waals surface area contributed by atoms with Gasteiger partial charge in [0.2, 0.25) is 0 Å². The molecule has 2 atom stereocenters. The van der Waals surface area contributed by atoms with Crippen LogP contribution in [0.2, 0.25) is 0 Å². The zero-order chi connectivity index (χ0) is 14.8. The number of carbonyl (C=O) groups is 1. The fraction of sp³-hybridized carbons (Fsp3) is 0.562. The summed E-state index contributed by atoms with van der Waals surface area (Å²) in [6, 6.07) is 4.01. The van der Waals surface area contributed by atoms with Gasteiger partial charge in [0, 0.05) is 18.6 Å². The quantitative estimate of drug-likeness (QED) is 0.879. The monoisotopic (exact) mass is 292 g/mol. The van der Waals surface area contributed by atoms with Crippen molar-refractivity contribution >= 4 is 5.91 Å². The summed E-state index contributed by atoms with van der Waals surface area (Å²) in [6.45, 7) is 1.67. The van der Waals surface area contributed by atoms with Gasteiger partial charge >= 0.3 is 0 Å². The van der Waals surface area contributed by atoms with Crippen LogP contribution in [0.25, 0.3) is 0 Å². The third-order valence-corrected chi connectivity index (χ3v) is 4.56. The lowest BCUT2D eigenvalue weighted by Crippen LogP contribution is -2.52. The van der Waals surface area contributed by atoms with E-state index >= 15 is 0 Å². The molecule has 1 aromatic carbocycles. The number of nitrogens with zero attached hydrogens (tertiary/aromatic N) is 1. The number of phenolic OH excluding ortho intramolecular Hbond substituents is 1. The normalized spacial score (nSPS) is 26.0. The fourth-order valence-corrected chi connectivity index (χ4v) is 3.50. The van der Waals surface area contributed by atoms with Gasteiger partial charge in [-0.3, -0.25) is 4.79 Å². The molecule has 2 aliphatic heterocycles. The molecular formula is C16H21FN2O2. The number of aromatic hydroxyl groups is 1. The number of phenols is 1. The van der Waals surface area contributed by atoms with E-state index in [4.69, 9.17) is 0 Å². The summed E-state index contributed by atoms with van der Waals surface area (Å²) < 4.78 is 13.4. The van der Waals surface area contributed by atoms with Crippen LogP contribution in [-0.4, -0.2) is 41.1 Å². The van der Waals surface area contributed by atoms with Crippen LogP contribution in [0.1, 0.15) is 42.5 Å². The number of benzene rings is 1. The Kier molecular flexibility index (Phi) is 4.10. The van der Waals surface area contributed by atoms with Gasteiger partial charge in [-0.05, 0) is 56.8 Å². The summed E-state index contributed by atoms with van der Waals surface area (Å²) in [7, 11) is 0. The maximum absolute atomic E-state index is 13.4. The molecule has 21 heavy (non-hydrogen) atoms. The zero-order valence-electron chi connectivity index (χ0n) is 12.0. The minimum atomic E-state index is -0.497. The molecule has 3 rings (SSSR count). The molecule has 2 heterocycles. The van der Waals surface area contributed by atoms with E-state index in [1.807, 2.05) is 4.90 Å². The van der Waals surface area contributed by atoms with Crippen LogP contribution in [-0.2, 0) is 0 Å². The molecule has 1 amide bonds. The number of rotatable bonds is 2. The first-order valence-electron chi connectivity index (χ1n) is 7.69. The molecule has 4 nitrogen and oxygen atoms in total. The Balaban J connectivity index is 1.85. The Morgan fingerprint density at radius 1 is 1.29 bits per heavy atom. The highest BCUT2D eigenvalue weighted by Gasteiger charge is 2.35. The molecule has 1 aromatic rings. The van der Waals surface area contributed by atoms with Crippen molar-refractivity contribution in [1.82, 2.24) is 10.2 Å². The first-order valence-corrected chi connectivity index (χ1v) is 7.69. The van der Waals surface area contributed by atoms with E-state index in [9.17, 15) is 14.3 Å². The molecule has 0 aliphatic carbocycles. The molecule has 114 valence electrons. The van der Waals surface area contributed by atoms with Gasteiger partial charge < -0.3 is 15.3 Å². The third-order valence-electron chi connectivity index (χ3n) is 4.56. The topological polar surface area (TPSA) is 52.6 Å². The van der Waals surface area contributed by atoms with E-state index in [-0.39, 0.29) is 23.3 Å². The molecule has 5 heteroatoms. The van der Waals surface area contributed by atoms with Crippen LogP contribution in [0.5, 0.6) is 5.75 Å². The first-order chi connectivity index (χ1) is 10.2. The molecule has 0 radical (unpaired) electrons. The van der Waals surface area contributed by atoms with E-state index < -0.39 is 5.82 Å². The number of amides is 1. The summed E-state index contributed by atoms with van der Waals surface area (Å²) in [6.07, 6.45) is 5.25. The maximum atomic E-state index is 13.4. The van der Waals surface area contributed by atoms with Crippen molar-refractivity contribution in [2.45, 2.75) is 44.2 Å². The van der Waals surface area contributed by atoms with Crippen molar-refractivity contribution in [1.29, 1.82) is 0 Å². The third kappa shape index (κ3) is 2.88. The van der Waals surface area contributed by atoms with E-state index in [2.05, 4.69) is 5.32 Å². The molecule has 2 fully saturated rings. The van der Waals surface area contributed by atoms with Crippen molar-refractivity contribution in [3.63, 3.8) is 0 Å². The number of halogens is 1. The number of piperidine rings is 1. The smallest absolute Gasteiger partial charge is 0.258 e. The molecule has 0 spiro atoms. The van der Waals surface area contributed by atoms with E-state index in [0.717, 1.165) is 44.7 Å². The Hall–Kier alpha value is -1.62. The summed E-state index contributed by atoms with van der Waals surface area (Å²) in [5.41, 5.74) is 0.0693. The Bertz CT molecular complexity index is 529. The minimum Gasteiger partial charge on any atom is -0.507 e. The molecule has 0 aromatic heterocycles. The number of hydrogen-bond acceptors (Lipinski definition) is 3. The highest BCUT2D eigenvalue weighted by atomic mass is 19.1. The van der Waals surface area contributed by atoms with Crippen LogP contribution in [0, 0.1) is 5.82 Å². The maximum Gasteiger partial charge on any atom is 0.258 e. The zero-order valence-corrected chi connectivity index (χ0v) is 12.0. The molecule has 2 aliphatic rings. The summed E-state index contributed by atoms with van der Waals surface area (Å²) in [4.78, 5) is 14.5. The number of nitrogens with one attached hydrogen (secondary N) is 1. The van der Waals surface area contributed by atoms with Gasteiger partial charge in [0.15, 0.2) is 0 Å². The van der Waals surface area contributed by atoms with Crippen molar-refractivity contribution in [2.75, 3.05) is 13.1 Å². The van der Waals surface area contributed by atoms with Gasteiger partial charge in [0.1, 0.15) is 11.6 Å². The van der Waals surface area contributed by atoms with Gasteiger partial charge in [-0.2, -0.15) is 0 Å². The first kappa shape index (κ1) is 14.3. The lowest BCUT2D eigenvalue weighted by Gasteiger charge is -2.39. The molecule has 0 bridgehead atoms. The lowest BCUT2D eigenvalue weighted by atomic mass is 9.93. The fourth-order valence-electron chi connectivity index (χ4n) is 3.50. The van der Waals surface area contributed by atoms with Crippen LogP contribution in [0.3, 0.4) is 0 Å². The lowest BCUT2D eigenvalue weighted by molar-refractivity contribution is 0.0560. The average Bonchev–Trinajstić information content (AvgIpc) is 3.03. The predicted octanol–water partition coefficient (Wildman–Crippen LogP) is 2.28. The predicted molar refractivity (Wildman–Crippen MR) is 77.8 cm³/mol. The van der Waals surface area contributed by atoms with Crippen molar-refractivity contribution in [3.05, 3.63) is 29.6 Å². The van der Waals surface area contributed by atoms with Crippen LogP contribution in [0.15, 0.2) is 18.2 Å². The summed E-state index contributed by atoms with van der Waals surface area (Å²) in [5.74, 6) is -0.904. The van der Waals surface area contributed by atoms with Crippen LogP contribution < -0.4 is 5.32 Å². The molecule has 0 saturated carbocycles. The minimum absolute atomic E-state index is 0.0693. The van der Waals surface area contributed by atoms with E-state index in [0.29, 0.717) is 12.6 Å². The van der Waals surface area contributed by atoms with Gasteiger partial charge in [-0.15, -0.1) is 0 Å². The van der Waals surface area contributed by atoms with Gasteiger partial charge in [0.25, 0.3) is 5.91 Å². The highest BCUT2D eigenvalue weighted by molar-refractivity contribution is 5.97. The molecule has 2 N–H and O–H groups in total. The summed E-state index contributed by atoms with van der Waals surface area (Å²) in [5, 5.41) is 13.3. The Morgan fingerprint density at radius 2 is 2.14 bits per heavy atom. The second-order valence-electron chi connectivity index (χ2n) is 5.93. The standard InChI is InChI=1S/C16H21FN2O2/c17-11-6-7-15(20)12(10-11)16(21)19-9-2-1-5-14(19)13-4-3-8-18-13/h6-7,10,13-14,18,20H,1-5,8-9H2. The van der Waals surface area contributed by atoms with Gasteiger partial charge in [-0.1, -0.05) is 0 Å². The Labute approximate surface area is 124 Å². The van der Waals surface area contributed by atoms with Crippen molar-refractivity contribution in [2.24, 2.45) is 0 Å². The molecule has 2 saturated heterocycles. The van der Waals surface area contributed by atoms with Gasteiger partial charge in [-0.25, -0.2) is 4.39 Å². The summed E-state index contributed by atoms with van der Waals surface area (Å²) >= 11 is 0. The Morgan fingerprint density at radius 3 is 2.90 bits per heavy atom. The number of carbonyl (C=O) groups excluding carboxylic acids is 1. The van der Waals surface area contributed by atoms with E-state index in [1.54, 1.807) is 0 Å². The van der Waals surface area contributed by atoms with Crippen LogP contribution >= 0.6 is 0 Å². The number of hydrogen-bond donors (Lipinski definition) is 2. The average molecular weight is 292 g/mol. The van der Waals surface area contributed by atoms with E-state index in [1.165, 1.54) is 12.1 Å². The van der Waals surface area contributed by atoms with Gasteiger partial charge in [0.05, 0.1) is 5.56 Å².